The fourth-order valence-corrected chi connectivity index (χ4v) is 4.72. The molecule has 2 aromatic rings. The molecule has 0 spiro atoms. The molecule has 1 amide bonds. The average Bonchev–Trinajstić information content (AvgIpc) is 2.87. The van der Waals surface area contributed by atoms with Gasteiger partial charge in [-0.2, -0.15) is 0 Å². The quantitative estimate of drug-likeness (QED) is 0.555. The van der Waals surface area contributed by atoms with Crippen LogP contribution in [0, 0.1) is 5.82 Å². The number of hydrogen-bond acceptors (Lipinski definition) is 6. The molecule has 8 heteroatoms. The van der Waals surface area contributed by atoms with E-state index in [-0.39, 0.29) is 12.0 Å². The first-order chi connectivity index (χ1) is 17.1. The first kappa shape index (κ1) is 25.7. The molecule has 0 saturated carbocycles. The van der Waals surface area contributed by atoms with Crippen molar-refractivity contribution in [1.29, 1.82) is 0 Å². The summed E-state index contributed by atoms with van der Waals surface area (Å²) in [5.41, 5.74) is 1.46. The van der Waals surface area contributed by atoms with E-state index in [4.69, 9.17) is 9.47 Å². The Labute approximate surface area is 207 Å². The molecule has 35 heavy (non-hydrogen) atoms. The lowest BCUT2D eigenvalue weighted by molar-refractivity contribution is -0.0513. The van der Waals surface area contributed by atoms with Crippen molar-refractivity contribution in [1.82, 2.24) is 14.7 Å². The minimum atomic E-state index is -0.470. The molecule has 4 rings (SSSR count). The second-order valence-corrected chi connectivity index (χ2v) is 9.31. The molecular weight excluding hydrogens is 449 g/mol. The summed E-state index contributed by atoms with van der Waals surface area (Å²) in [6, 6.07) is 15.8. The van der Waals surface area contributed by atoms with E-state index in [0.717, 1.165) is 31.7 Å². The minimum Gasteiger partial charge on any atom is -0.391 e. The van der Waals surface area contributed by atoms with Gasteiger partial charge in [-0.15, -0.1) is 0 Å². The molecule has 2 aromatic carbocycles. The lowest BCUT2D eigenvalue weighted by Crippen LogP contribution is -2.52. The van der Waals surface area contributed by atoms with Crippen LogP contribution in [0.25, 0.3) is 0 Å². The van der Waals surface area contributed by atoms with Crippen LogP contribution in [0.15, 0.2) is 54.6 Å². The van der Waals surface area contributed by atoms with Gasteiger partial charge in [0.25, 0.3) is 5.91 Å². The van der Waals surface area contributed by atoms with Crippen LogP contribution in [0.2, 0.25) is 0 Å². The van der Waals surface area contributed by atoms with E-state index < -0.39 is 11.9 Å². The summed E-state index contributed by atoms with van der Waals surface area (Å²) in [5.74, 6) is -0.612. The van der Waals surface area contributed by atoms with Crippen molar-refractivity contribution in [2.45, 2.75) is 18.6 Å². The molecule has 0 bridgehead atoms. The summed E-state index contributed by atoms with van der Waals surface area (Å²) in [6.45, 7) is 7.25. The molecule has 2 aliphatic heterocycles. The van der Waals surface area contributed by atoms with Gasteiger partial charge >= 0.3 is 0 Å². The van der Waals surface area contributed by atoms with Gasteiger partial charge in [-0.25, -0.2) is 4.39 Å². The monoisotopic (exact) mass is 485 g/mol. The number of morpholine rings is 2. The molecule has 0 radical (unpaired) electrons. The predicted octanol–water partition coefficient (Wildman–Crippen LogP) is 1.90. The maximum absolute atomic E-state index is 13.8. The number of carbonyl (C=O) groups is 1. The third-order valence-electron chi connectivity index (χ3n) is 6.58. The average molecular weight is 486 g/mol. The Kier molecular flexibility index (Phi) is 9.62. The Balaban J connectivity index is 1.35. The van der Waals surface area contributed by atoms with Gasteiger partial charge in [0.15, 0.2) is 0 Å². The topological polar surface area (TPSA) is 65.5 Å². The fourth-order valence-electron chi connectivity index (χ4n) is 4.72. The third kappa shape index (κ3) is 8.08. The second-order valence-electron chi connectivity index (χ2n) is 9.31. The van der Waals surface area contributed by atoms with Crippen molar-refractivity contribution >= 4 is 5.91 Å². The molecule has 2 aliphatic rings. The number of β-amino-alcohol motifs (C(OH)–C–C–N with tert-alkyl or cyclic N) is 1. The first-order valence-electron chi connectivity index (χ1n) is 12.5. The normalized spacial score (nSPS) is 20.5. The summed E-state index contributed by atoms with van der Waals surface area (Å²) in [7, 11) is 0. The van der Waals surface area contributed by atoms with Gasteiger partial charge in [0, 0.05) is 57.9 Å². The van der Waals surface area contributed by atoms with Crippen LogP contribution in [0.5, 0.6) is 0 Å². The molecule has 0 aromatic heterocycles. The summed E-state index contributed by atoms with van der Waals surface area (Å²) in [5, 5.41) is 10.6. The van der Waals surface area contributed by atoms with Gasteiger partial charge in [0.1, 0.15) is 5.82 Å². The lowest BCUT2D eigenvalue weighted by Gasteiger charge is -2.37. The van der Waals surface area contributed by atoms with Crippen molar-refractivity contribution in [3.63, 3.8) is 0 Å². The highest BCUT2D eigenvalue weighted by Gasteiger charge is 2.27. The fraction of sp³-hybridized carbons (Fsp3) is 0.519. The van der Waals surface area contributed by atoms with E-state index in [1.165, 1.54) is 12.1 Å². The van der Waals surface area contributed by atoms with Gasteiger partial charge < -0.3 is 19.5 Å². The van der Waals surface area contributed by atoms with Crippen LogP contribution in [0.4, 0.5) is 4.39 Å². The SMILES string of the molecule is O=C(c1cccc(F)c1)N(CCN1CCOCC1)CC1CN(CC(O)Cc2ccccc2)CCO1. The summed E-state index contributed by atoms with van der Waals surface area (Å²) in [6.07, 6.45) is -0.0376. The Morgan fingerprint density at radius 2 is 1.83 bits per heavy atom. The van der Waals surface area contributed by atoms with Crippen molar-refractivity contribution in [2.75, 3.05) is 72.2 Å². The standard InChI is InChI=1S/C27H36FN3O4/c28-24-8-4-7-23(18-24)27(33)31(10-9-29-11-14-34-15-12-29)21-26-20-30(13-16-35-26)19-25(32)17-22-5-2-1-3-6-22/h1-8,18,25-26,32H,9-17,19-21H2. The highest BCUT2D eigenvalue weighted by molar-refractivity contribution is 5.94. The number of hydrogen-bond donors (Lipinski definition) is 1. The molecule has 2 saturated heterocycles. The van der Waals surface area contributed by atoms with Crippen molar-refractivity contribution in [3.8, 4) is 0 Å². The maximum Gasteiger partial charge on any atom is 0.254 e. The largest absolute Gasteiger partial charge is 0.391 e. The number of halogens is 1. The van der Waals surface area contributed by atoms with Crippen LogP contribution in [-0.2, 0) is 15.9 Å². The van der Waals surface area contributed by atoms with E-state index in [1.54, 1.807) is 17.0 Å². The molecule has 2 heterocycles. The molecular formula is C27H36FN3O4. The van der Waals surface area contributed by atoms with Crippen LogP contribution < -0.4 is 0 Å². The Bertz CT molecular complexity index is 926. The number of nitrogens with zero attached hydrogens (tertiary/aromatic N) is 3. The molecule has 1 N–H and O–H groups in total. The molecule has 0 aliphatic carbocycles. The molecule has 2 atom stereocenters. The highest BCUT2D eigenvalue weighted by Crippen LogP contribution is 2.14. The minimum absolute atomic E-state index is 0.171. The summed E-state index contributed by atoms with van der Waals surface area (Å²) >= 11 is 0. The van der Waals surface area contributed by atoms with Crippen molar-refractivity contribution in [2.24, 2.45) is 0 Å². The van der Waals surface area contributed by atoms with E-state index >= 15 is 0 Å². The number of amides is 1. The Hall–Kier alpha value is -2.36. The maximum atomic E-state index is 13.8. The zero-order valence-electron chi connectivity index (χ0n) is 20.2. The Morgan fingerprint density at radius 1 is 1.06 bits per heavy atom. The number of aliphatic hydroxyl groups excluding tert-OH is 1. The van der Waals surface area contributed by atoms with Crippen molar-refractivity contribution < 1.29 is 23.8 Å². The molecule has 190 valence electrons. The van der Waals surface area contributed by atoms with Crippen LogP contribution in [-0.4, -0.2) is 110 Å². The number of ether oxygens (including phenoxy) is 2. The van der Waals surface area contributed by atoms with Gasteiger partial charge in [-0.05, 0) is 30.2 Å². The van der Waals surface area contributed by atoms with E-state index in [1.807, 2.05) is 30.3 Å². The number of rotatable bonds is 10. The Morgan fingerprint density at radius 3 is 2.60 bits per heavy atom. The smallest absolute Gasteiger partial charge is 0.254 e. The molecule has 2 fully saturated rings. The van der Waals surface area contributed by atoms with Crippen molar-refractivity contribution in [3.05, 3.63) is 71.5 Å². The molecule has 7 nitrogen and oxygen atoms in total. The molecule has 2 unspecified atom stereocenters. The van der Waals surface area contributed by atoms with Gasteiger partial charge in [-0.1, -0.05) is 36.4 Å². The zero-order valence-corrected chi connectivity index (χ0v) is 20.2. The zero-order chi connectivity index (χ0) is 24.5. The highest BCUT2D eigenvalue weighted by atomic mass is 19.1. The van der Waals surface area contributed by atoms with Crippen LogP contribution in [0.1, 0.15) is 15.9 Å². The third-order valence-corrected chi connectivity index (χ3v) is 6.58. The summed E-state index contributed by atoms with van der Waals surface area (Å²) < 4.78 is 25.3. The number of carbonyl (C=O) groups excluding carboxylic acids is 1. The number of aliphatic hydroxyl groups is 1. The van der Waals surface area contributed by atoms with Gasteiger partial charge in [0.05, 0.1) is 32.0 Å². The van der Waals surface area contributed by atoms with E-state index in [2.05, 4.69) is 9.80 Å². The first-order valence-corrected chi connectivity index (χ1v) is 12.5. The van der Waals surface area contributed by atoms with Crippen LogP contribution in [0.3, 0.4) is 0 Å². The predicted molar refractivity (Wildman–Crippen MR) is 132 cm³/mol. The van der Waals surface area contributed by atoms with Gasteiger partial charge in [0.2, 0.25) is 0 Å². The lowest BCUT2D eigenvalue weighted by atomic mass is 10.1. The van der Waals surface area contributed by atoms with E-state index in [0.29, 0.717) is 58.0 Å². The van der Waals surface area contributed by atoms with Gasteiger partial charge in [-0.3, -0.25) is 14.6 Å². The number of benzene rings is 2. The van der Waals surface area contributed by atoms with E-state index in [9.17, 15) is 14.3 Å². The van der Waals surface area contributed by atoms with Crippen LogP contribution >= 0.6 is 0 Å². The second kappa shape index (κ2) is 13.1. The summed E-state index contributed by atoms with van der Waals surface area (Å²) in [4.78, 5) is 19.6.